The van der Waals surface area contributed by atoms with Crippen LogP contribution < -0.4 is 17.0 Å². The van der Waals surface area contributed by atoms with Crippen LogP contribution in [0.4, 0.5) is 5.82 Å². The first-order valence-electron chi connectivity index (χ1n) is 12.2. The summed E-state index contributed by atoms with van der Waals surface area (Å²) in [5.74, 6) is -0.0601. The van der Waals surface area contributed by atoms with E-state index >= 15 is 0 Å². The molecule has 0 aliphatic carbocycles. The highest BCUT2D eigenvalue weighted by atomic mass is 35.5. The molecule has 1 aromatic carbocycles. The first-order chi connectivity index (χ1) is 17.4. The number of nitrogens with one attached hydrogen (secondary N) is 1. The molecule has 188 valence electrons. The topological polar surface area (TPSA) is 120 Å². The van der Waals surface area contributed by atoms with Gasteiger partial charge >= 0.3 is 11.4 Å². The van der Waals surface area contributed by atoms with E-state index in [1.54, 1.807) is 10.8 Å². The van der Waals surface area contributed by atoms with Crippen molar-refractivity contribution >= 4 is 33.7 Å². The van der Waals surface area contributed by atoms with Crippen molar-refractivity contribution in [2.75, 3.05) is 0 Å². The van der Waals surface area contributed by atoms with Crippen molar-refractivity contribution in [1.29, 1.82) is 0 Å². The molecule has 1 aliphatic rings. The highest BCUT2D eigenvalue weighted by Gasteiger charge is 2.24. The van der Waals surface area contributed by atoms with Crippen molar-refractivity contribution < 1.29 is 4.42 Å². The predicted octanol–water partition coefficient (Wildman–Crippen LogP) is 3.34. The third-order valence-corrected chi connectivity index (χ3v) is 6.61. The first-order valence-corrected chi connectivity index (χ1v) is 12.5. The number of oxazole rings is 1. The molecule has 0 spiro atoms. The minimum absolute atomic E-state index is 0.272. The van der Waals surface area contributed by atoms with E-state index in [0.717, 1.165) is 30.4 Å². The van der Waals surface area contributed by atoms with Gasteiger partial charge < -0.3 is 4.42 Å². The third-order valence-electron chi connectivity index (χ3n) is 6.39. The molecule has 10 nitrogen and oxygen atoms in total. The van der Waals surface area contributed by atoms with E-state index in [2.05, 4.69) is 22.0 Å². The second-order valence-corrected chi connectivity index (χ2v) is 9.50. The number of hydrogen-bond donors (Lipinski definition) is 1. The molecule has 0 radical (unpaired) electrons. The normalized spacial score (nSPS) is 12.9. The summed E-state index contributed by atoms with van der Waals surface area (Å²) in [7, 11) is 0. The molecule has 0 bridgehead atoms. The van der Waals surface area contributed by atoms with E-state index in [9.17, 15) is 14.4 Å². The lowest BCUT2D eigenvalue weighted by Gasteiger charge is -2.14. The van der Waals surface area contributed by atoms with Crippen molar-refractivity contribution in [2.24, 2.45) is 4.99 Å². The third kappa shape index (κ3) is 4.86. The van der Waals surface area contributed by atoms with E-state index in [-0.39, 0.29) is 17.7 Å². The SMILES string of the molecule is CCCCCn1c2c(c(=O)n(CCCc3cnn(Cc4ccc5[nH]c(=O)oc5c4)c3)c1=O)CC(Cl)=N2. The average molecular weight is 511 g/mol. The van der Waals surface area contributed by atoms with Crippen LogP contribution in [0.3, 0.4) is 0 Å². The van der Waals surface area contributed by atoms with Gasteiger partial charge in [-0.2, -0.15) is 5.10 Å². The van der Waals surface area contributed by atoms with Crippen molar-refractivity contribution in [3.05, 3.63) is 78.7 Å². The van der Waals surface area contributed by atoms with Gasteiger partial charge in [-0.1, -0.05) is 37.4 Å². The maximum absolute atomic E-state index is 13.2. The number of hydrogen-bond acceptors (Lipinski definition) is 6. The van der Waals surface area contributed by atoms with Crippen LogP contribution in [0.2, 0.25) is 0 Å². The van der Waals surface area contributed by atoms with Crippen molar-refractivity contribution in [3.63, 3.8) is 0 Å². The number of H-pyrrole nitrogens is 1. The Hall–Kier alpha value is -3.66. The van der Waals surface area contributed by atoms with Crippen LogP contribution in [0.25, 0.3) is 11.1 Å². The summed E-state index contributed by atoms with van der Waals surface area (Å²) in [6.07, 6.45) is 8.16. The van der Waals surface area contributed by atoms with Crippen LogP contribution in [-0.4, -0.2) is 29.1 Å². The number of nitrogens with zero attached hydrogens (tertiary/aromatic N) is 5. The van der Waals surface area contributed by atoms with Crippen LogP contribution >= 0.6 is 11.6 Å². The van der Waals surface area contributed by atoms with Gasteiger partial charge in [0.2, 0.25) is 0 Å². The molecule has 5 rings (SSSR count). The molecule has 3 aromatic heterocycles. The molecular weight excluding hydrogens is 484 g/mol. The summed E-state index contributed by atoms with van der Waals surface area (Å²) in [5, 5.41) is 4.76. The summed E-state index contributed by atoms with van der Waals surface area (Å²) in [6, 6.07) is 5.54. The molecular formula is C25H27ClN6O4. The number of fused-ring (bicyclic) bond motifs is 2. The Labute approximate surface area is 210 Å². The van der Waals surface area contributed by atoms with Gasteiger partial charge in [0.15, 0.2) is 5.58 Å². The second kappa shape index (κ2) is 10.1. The Morgan fingerprint density at radius 3 is 2.75 bits per heavy atom. The van der Waals surface area contributed by atoms with Gasteiger partial charge in [0.25, 0.3) is 5.56 Å². The number of aryl methyl sites for hydroxylation is 1. The number of aromatic amines is 1. The van der Waals surface area contributed by atoms with Crippen LogP contribution in [0.15, 0.2) is 54.4 Å². The summed E-state index contributed by atoms with van der Waals surface area (Å²) >= 11 is 6.12. The fourth-order valence-corrected chi connectivity index (χ4v) is 4.80. The number of benzene rings is 1. The van der Waals surface area contributed by atoms with Crippen molar-refractivity contribution in [3.8, 4) is 0 Å². The van der Waals surface area contributed by atoms with E-state index in [0.29, 0.717) is 60.1 Å². The molecule has 1 N–H and O–H groups in total. The lowest BCUT2D eigenvalue weighted by molar-refractivity contribution is 0.513. The number of aliphatic imine (C=N–C) groups is 1. The van der Waals surface area contributed by atoms with Crippen LogP contribution in [0, 0.1) is 0 Å². The van der Waals surface area contributed by atoms with Crippen molar-refractivity contribution in [1.82, 2.24) is 23.9 Å². The van der Waals surface area contributed by atoms with Gasteiger partial charge in [0, 0.05) is 25.7 Å². The minimum Gasteiger partial charge on any atom is -0.408 e. The Bertz CT molecular complexity index is 1620. The summed E-state index contributed by atoms with van der Waals surface area (Å²) in [5.41, 5.74) is 3.00. The highest BCUT2D eigenvalue weighted by molar-refractivity contribution is 6.66. The predicted molar refractivity (Wildman–Crippen MR) is 138 cm³/mol. The van der Waals surface area contributed by atoms with E-state index in [4.69, 9.17) is 16.0 Å². The maximum Gasteiger partial charge on any atom is 0.417 e. The molecule has 0 saturated carbocycles. The molecule has 0 amide bonds. The summed E-state index contributed by atoms with van der Waals surface area (Å²) < 4.78 is 9.85. The van der Waals surface area contributed by atoms with E-state index in [1.807, 2.05) is 29.1 Å². The lowest BCUT2D eigenvalue weighted by Crippen LogP contribution is -2.41. The maximum atomic E-state index is 13.2. The molecule has 4 aromatic rings. The second-order valence-electron chi connectivity index (χ2n) is 9.06. The fraction of sp³-hybridized carbons (Fsp3) is 0.400. The van der Waals surface area contributed by atoms with E-state index in [1.165, 1.54) is 4.57 Å². The Morgan fingerprint density at radius 1 is 1.08 bits per heavy atom. The quantitative estimate of drug-likeness (QED) is 0.328. The van der Waals surface area contributed by atoms with Gasteiger partial charge in [0.05, 0.1) is 23.8 Å². The van der Waals surface area contributed by atoms with Crippen molar-refractivity contribution in [2.45, 2.75) is 65.1 Å². The first kappa shape index (κ1) is 24.1. The largest absolute Gasteiger partial charge is 0.417 e. The molecule has 0 atom stereocenters. The van der Waals surface area contributed by atoms with Gasteiger partial charge in [-0.15, -0.1) is 0 Å². The Balaban J connectivity index is 1.27. The fourth-order valence-electron chi connectivity index (χ4n) is 4.58. The number of halogens is 1. The zero-order valence-electron chi connectivity index (χ0n) is 20.0. The van der Waals surface area contributed by atoms with Crippen LogP contribution in [-0.2, 0) is 32.5 Å². The summed E-state index contributed by atoms with van der Waals surface area (Å²) in [4.78, 5) is 44.4. The molecule has 36 heavy (non-hydrogen) atoms. The molecule has 0 saturated heterocycles. The standard InChI is InChI=1S/C25H27ClN6O4/c1-2-3-4-9-31-22-18(12-21(26)29-22)23(33)32(25(31)35)10-5-6-17-13-27-30(15-17)14-16-7-8-19-20(11-16)36-24(34)28-19/h7-8,11,13,15H,2-6,9-10,12,14H2,1H3,(H,28,34). The van der Waals surface area contributed by atoms with E-state index < -0.39 is 5.76 Å². The van der Waals surface area contributed by atoms with Gasteiger partial charge in [0.1, 0.15) is 11.0 Å². The average Bonchev–Trinajstić information content (AvgIpc) is 3.56. The Kier molecular flexibility index (Phi) is 6.77. The zero-order chi connectivity index (χ0) is 25.2. The number of unbranched alkanes of at least 4 members (excludes halogenated alkanes) is 2. The van der Waals surface area contributed by atoms with Crippen LogP contribution in [0.5, 0.6) is 0 Å². The lowest BCUT2D eigenvalue weighted by atomic mass is 10.2. The zero-order valence-corrected chi connectivity index (χ0v) is 20.8. The molecule has 4 heterocycles. The molecule has 1 aliphatic heterocycles. The monoisotopic (exact) mass is 510 g/mol. The van der Waals surface area contributed by atoms with Gasteiger partial charge in [-0.3, -0.25) is 23.6 Å². The molecule has 0 fully saturated rings. The summed E-state index contributed by atoms with van der Waals surface area (Å²) in [6.45, 7) is 3.46. The number of aromatic nitrogens is 5. The molecule has 11 heteroatoms. The molecule has 0 unspecified atom stereocenters. The minimum atomic E-state index is -0.477. The number of rotatable bonds is 10. The van der Waals surface area contributed by atoms with Crippen LogP contribution in [0.1, 0.15) is 49.3 Å². The highest BCUT2D eigenvalue weighted by Crippen LogP contribution is 2.24. The van der Waals surface area contributed by atoms with Gasteiger partial charge in [-0.05, 0) is 42.5 Å². The smallest absolute Gasteiger partial charge is 0.408 e. The van der Waals surface area contributed by atoms with Gasteiger partial charge in [-0.25, -0.2) is 14.6 Å². The Morgan fingerprint density at radius 2 is 1.92 bits per heavy atom.